The molecule has 3 unspecified atom stereocenters. The predicted molar refractivity (Wildman–Crippen MR) is 147 cm³/mol. The molecule has 2 aliphatic rings. The number of amides is 1. The Morgan fingerprint density at radius 1 is 1.00 bits per heavy atom. The minimum absolute atomic E-state index is 0.167. The van der Waals surface area contributed by atoms with Gasteiger partial charge in [-0.1, -0.05) is 61.4 Å². The summed E-state index contributed by atoms with van der Waals surface area (Å²) in [5.41, 5.74) is 1.32. The van der Waals surface area contributed by atoms with E-state index >= 15 is 0 Å². The normalized spacial score (nSPS) is 20.8. The maximum Gasteiger partial charge on any atom is 0.329 e. The quantitative estimate of drug-likeness (QED) is 0.408. The van der Waals surface area contributed by atoms with Crippen molar-refractivity contribution in [2.24, 2.45) is 0 Å². The first kappa shape index (κ1) is 26.6. The van der Waals surface area contributed by atoms with Crippen molar-refractivity contribution in [3.05, 3.63) is 76.8 Å². The third kappa shape index (κ3) is 5.54. The van der Waals surface area contributed by atoms with Crippen LogP contribution in [0.4, 0.5) is 0 Å². The standard InChI is InChI=1S/C28H35N5O4S/c34-24-14-8-7-13-23(24)33-25(21-9-3-1-4-10-21)26(27(35)31-18-15-29-16-19-31)32(28(33)36)20-17-30-38(37)22-11-5-2-6-12-22/h1-6,9-12,23-24,29-30,34H,7-8,13-20H2. The maximum atomic E-state index is 14.1. The number of nitrogens with one attached hydrogen (secondary N) is 2. The smallest absolute Gasteiger partial charge is 0.329 e. The SMILES string of the molecule is O=C(c1c(-c2ccccc2)n(C2CCCCC2O)c(=O)n1CCNS(=O)c1ccccc1)N1CCNCC1. The van der Waals surface area contributed by atoms with E-state index in [1.807, 2.05) is 48.5 Å². The van der Waals surface area contributed by atoms with Gasteiger partial charge in [0.15, 0.2) is 0 Å². The van der Waals surface area contributed by atoms with Crippen LogP contribution in [0.5, 0.6) is 0 Å². The molecule has 0 bridgehead atoms. The topological polar surface area (TPSA) is 109 Å². The highest BCUT2D eigenvalue weighted by Crippen LogP contribution is 2.34. The molecule has 1 aliphatic carbocycles. The molecule has 1 aliphatic heterocycles. The van der Waals surface area contributed by atoms with Crippen LogP contribution in [-0.2, 0) is 17.5 Å². The fourth-order valence-electron chi connectivity index (χ4n) is 5.46. The highest BCUT2D eigenvalue weighted by Gasteiger charge is 2.35. The van der Waals surface area contributed by atoms with Gasteiger partial charge in [-0.15, -0.1) is 0 Å². The molecule has 1 amide bonds. The molecule has 2 fully saturated rings. The molecule has 202 valence electrons. The van der Waals surface area contributed by atoms with Crippen molar-refractivity contribution in [2.45, 2.75) is 49.3 Å². The van der Waals surface area contributed by atoms with Crippen LogP contribution in [0.25, 0.3) is 11.3 Å². The van der Waals surface area contributed by atoms with E-state index in [4.69, 9.17) is 0 Å². The number of benzene rings is 2. The summed E-state index contributed by atoms with van der Waals surface area (Å²) in [7, 11) is -1.45. The maximum absolute atomic E-state index is 14.1. The Morgan fingerprint density at radius 3 is 2.34 bits per heavy atom. The van der Waals surface area contributed by atoms with Gasteiger partial charge in [0.05, 0.1) is 22.7 Å². The molecule has 3 N–H and O–H groups in total. The fraction of sp³-hybridized carbons (Fsp3) is 0.429. The molecule has 0 radical (unpaired) electrons. The summed E-state index contributed by atoms with van der Waals surface area (Å²) in [6.45, 7) is 2.88. The molecule has 38 heavy (non-hydrogen) atoms. The lowest BCUT2D eigenvalue weighted by atomic mass is 9.92. The fourth-order valence-corrected chi connectivity index (χ4v) is 6.30. The molecule has 1 saturated heterocycles. The minimum Gasteiger partial charge on any atom is -0.391 e. The number of nitrogens with zero attached hydrogens (tertiary/aromatic N) is 3. The minimum atomic E-state index is -1.45. The van der Waals surface area contributed by atoms with E-state index in [1.165, 1.54) is 4.57 Å². The summed E-state index contributed by atoms with van der Waals surface area (Å²) >= 11 is 0. The van der Waals surface area contributed by atoms with Gasteiger partial charge in [-0.3, -0.25) is 13.9 Å². The molecular weight excluding hydrogens is 502 g/mol. The second-order valence-corrected chi connectivity index (χ2v) is 11.1. The third-order valence-electron chi connectivity index (χ3n) is 7.38. The van der Waals surface area contributed by atoms with Crippen molar-refractivity contribution in [3.8, 4) is 11.3 Å². The molecule has 1 saturated carbocycles. The molecule has 10 heteroatoms. The van der Waals surface area contributed by atoms with Gasteiger partial charge in [-0.2, -0.15) is 0 Å². The van der Waals surface area contributed by atoms with Crippen LogP contribution in [-0.4, -0.2) is 68.1 Å². The number of aromatic nitrogens is 2. The number of aliphatic hydroxyl groups is 1. The number of aliphatic hydroxyl groups excluding tert-OH is 1. The average molecular weight is 538 g/mol. The zero-order chi connectivity index (χ0) is 26.5. The molecule has 2 heterocycles. The monoisotopic (exact) mass is 537 g/mol. The van der Waals surface area contributed by atoms with Crippen molar-refractivity contribution in [3.63, 3.8) is 0 Å². The van der Waals surface area contributed by atoms with Crippen LogP contribution >= 0.6 is 0 Å². The molecule has 1 aromatic heterocycles. The van der Waals surface area contributed by atoms with Crippen LogP contribution < -0.4 is 15.7 Å². The molecule has 5 rings (SSSR count). The summed E-state index contributed by atoms with van der Waals surface area (Å²) in [6, 6.07) is 18.2. The van der Waals surface area contributed by atoms with Gasteiger partial charge in [0.25, 0.3) is 5.91 Å². The van der Waals surface area contributed by atoms with E-state index < -0.39 is 23.1 Å². The van der Waals surface area contributed by atoms with Gasteiger partial charge < -0.3 is 15.3 Å². The third-order valence-corrected chi connectivity index (χ3v) is 8.54. The van der Waals surface area contributed by atoms with E-state index in [0.717, 1.165) is 18.4 Å². The predicted octanol–water partition coefficient (Wildman–Crippen LogP) is 2.15. The molecule has 9 nitrogen and oxygen atoms in total. The zero-order valence-corrected chi connectivity index (χ0v) is 22.2. The summed E-state index contributed by atoms with van der Waals surface area (Å²) in [6.07, 6.45) is 2.45. The van der Waals surface area contributed by atoms with Crippen molar-refractivity contribution < 1.29 is 14.1 Å². The van der Waals surface area contributed by atoms with Crippen LogP contribution in [0.2, 0.25) is 0 Å². The van der Waals surface area contributed by atoms with Crippen LogP contribution in [0.1, 0.15) is 42.2 Å². The summed E-state index contributed by atoms with van der Waals surface area (Å²) in [5.74, 6) is -0.198. The van der Waals surface area contributed by atoms with Crippen LogP contribution in [0.15, 0.2) is 70.4 Å². The van der Waals surface area contributed by atoms with Gasteiger partial charge in [-0.25, -0.2) is 13.7 Å². The van der Waals surface area contributed by atoms with Crippen molar-refractivity contribution in [1.82, 2.24) is 24.1 Å². The van der Waals surface area contributed by atoms with E-state index in [9.17, 15) is 18.9 Å². The van der Waals surface area contributed by atoms with Gasteiger partial charge in [0.2, 0.25) is 0 Å². The lowest BCUT2D eigenvalue weighted by Crippen LogP contribution is -2.47. The van der Waals surface area contributed by atoms with E-state index in [2.05, 4.69) is 10.0 Å². The second-order valence-electron chi connectivity index (χ2n) is 9.80. The van der Waals surface area contributed by atoms with E-state index in [1.54, 1.807) is 21.6 Å². The molecule has 3 aromatic rings. The van der Waals surface area contributed by atoms with Crippen LogP contribution in [0, 0.1) is 0 Å². The largest absolute Gasteiger partial charge is 0.391 e. The highest BCUT2D eigenvalue weighted by molar-refractivity contribution is 7.83. The molecule has 0 spiro atoms. The van der Waals surface area contributed by atoms with Gasteiger partial charge in [-0.05, 0) is 25.0 Å². The van der Waals surface area contributed by atoms with Crippen molar-refractivity contribution in [2.75, 3.05) is 32.7 Å². The van der Waals surface area contributed by atoms with Crippen molar-refractivity contribution >= 4 is 16.9 Å². The summed E-state index contributed by atoms with van der Waals surface area (Å²) in [4.78, 5) is 30.6. The van der Waals surface area contributed by atoms with Crippen LogP contribution in [0.3, 0.4) is 0 Å². The number of imidazole rings is 1. The van der Waals surface area contributed by atoms with Crippen molar-refractivity contribution in [1.29, 1.82) is 0 Å². The molecule has 2 aromatic carbocycles. The van der Waals surface area contributed by atoms with E-state index in [-0.39, 0.29) is 24.7 Å². The number of hydrogen-bond donors (Lipinski definition) is 3. The lowest BCUT2D eigenvalue weighted by molar-refractivity contribution is 0.0719. The van der Waals surface area contributed by atoms with Gasteiger partial charge in [0, 0.05) is 44.8 Å². The Hall–Kier alpha value is -3.05. The Balaban J connectivity index is 1.58. The number of carbonyl (C=O) groups is 1. The van der Waals surface area contributed by atoms with Gasteiger partial charge >= 0.3 is 5.69 Å². The summed E-state index contributed by atoms with van der Waals surface area (Å²) in [5, 5.41) is 14.2. The molecule has 3 atom stereocenters. The number of piperazine rings is 1. The average Bonchev–Trinajstić information content (AvgIpc) is 3.25. The number of carbonyl (C=O) groups excluding carboxylic acids is 1. The first-order chi connectivity index (χ1) is 18.6. The Morgan fingerprint density at radius 2 is 1.66 bits per heavy atom. The van der Waals surface area contributed by atoms with Gasteiger partial charge in [0.1, 0.15) is 16.7 Å². The van der Waals surface area contributed by atoms with E-state index in [0.29, 0.717) is 55.3 Å². The highest BCUT2D eigenvalue weighted by atomic mass is 32.2. The Labute approximate surface area is 225 Å². The second kappa shape index (κ2) is 12.2. The number of rotatable bonds is 8. The zero-order valence-electron chi connectivity index (χ0n) is 21.4. The summed E-state index contributed by atoms with van der Waals surface area (Å²) < 4.78 is 18.9. The molecular formula is C28H35N5O4S. The number of hydrogen-bond acceptors (Lipinski definition) is 5. The lowest BCUT2D eigenvalue weighted by Gasteiger charge is -2.30. The Bertz CT molecular complexity index is 1320. The first-order valence-corrected chi connectivity index (χ1v) is 14.5. The Kier molecular flexibility index (Phi) is 8.53. The first-order valence-electron chi connectivity index (χ1n) is 13.3.